The van der Waals surface area contributed by atoms with Crippen LogP contribution in [0.25, 0.3) is 0 Å². The molecule has 0 radical (unpaired) electrons. The first kappa shape index (κ1) is 17.6. The lowest BCUT2D eigenvalue weighted by atomic mass is 9.92. The Hall–Kier alpha value is -2.50. The highest BCUT2D eigenvalue weighted by Gasteiger charge is 2.28. The van der Waals surface area contributed by atoms with Crippen LogP contribution in [-0.2, 0) is 25.5 Å². The summed E-state index contributed by atoms with van der Waals surface area (Å²) in [5.74, 6) is -0.875. The highest BCUT2D eigenvalue weighted by Crippen LogP contribution is 2.26. The standard InChI is InChI=1S/C16H20O6/c1-10(15(17)21-4)14(16(18)22-5)8-11-6-12(19-2)9-13(7-11)20-3/h6-7,9,14H,1,8H2,2-5H3. The molecule has 120 valence electrons. The van der Waals surface area contributed by atoms with Gasteiger partial charge in [0.2, 0.25) is 0 Å². The van der Waals surface area contributed by atoms with E-state index in [9.17, 15) is 9.59 Å². The number of hydrogen-bond acceptors (Lipinski definition) is 6. The van der Waals surface area contributed by atoms with Crippen LogP contribution in [0.4, 0.5) is 0 Å². The molecule has 0 bridgehead atoms. The Kier molecular flexibility index (Phi) is 6.44. The van der Waals surface area contributed by atoms with Crippen LogP contribution in [0.1, 0.15) is 5.56 Å². The number of ether oxygens (including phenoxy) is 4. The average molecular weight is 308 g/mol. The van der Waals surface area contributed by atoms with Gasteiger partial charge >= 0.3 is 11.9 Å². The summed E-state index contributed by atoms with van der Waals surface area (Å²) in [5, 5.41) is 0. The maximum absolute atomic E-state index is 11.9. The van der Waals surface area contributed by atoms with Crippen LogP contribution in [-0.4, -0.2) is 40.4 Å². The van der Waals surface area contributed by atoms with E-state index in [1.165, 1.54) is 28.4 Å². The fourth-order valence-corrected chi connectivity index (χ4v) is 1.98. The molecule has 0 aliphatic carbocycles. The zero-order valence-corrected chi connectivity index (χ0v) is 13.2. The first-order valence-electron chi connectivity index (χ1n) is 6.53. The van der Waals surface area contributed by atoms with E-state index < -0.39 is 17.9 Å². The molecule has 6 heteroatoms. The summed E-state index contributed by atoms with van der Waals surface area (Å²) in [6.45, 7) is 3.64. The zero-order valence-electron chi connectivity index (χ0n) is 13.2. The van der Waals surface area contributed by atoms with Crippen molar-refractivity contribution < 1.29 is 28.5 Å². The summed E-state index contributed by atoms with van der Waals surface area (Å²) in [5.41, 5.74) is 0.785. The van der Waals surface area contributed by atoms with Crippen molar-refractivity contribution in [2.75, 3.05) is 28.4 Å². The van der Waals surface area contributed by atoms with Gasteiger partial charge in [0.15, 0.2) is 0 Å². The topological polar surface area (TPSA) is 71.1 Å². The molecule has 0 spiro atoms. The van der Waals surface area contributed by atoms with Crippen LogP contribution in [0.5, 0.6) is 11.5 Å². The molecule has 1 aromatic carbocycles. The normalized spacial score (nSPS) is 11.3. The van der Waals surface area contributed by atoms with Crippen LogP contribution in [0, 0.1) is 5.92 Å². The summed E-state index contributed by atoms with van der Waals surface area (Å²) in [7, 11) is 5.55. The van der Waals surface area contributed by atoms with Crippen LogP contribution in [0.15, 0.2) is 30.4 Å². The highest BCUT2D eigenvalue weighted by molar-refractivity contribution is 5.95. The minimum absolute atomic E-state index is 0.0381. The third-order valence-corrected chi connectivity index (χ3v) is 3.20. The smallest absolute Gasteiger partial charge is 0.334 e. The van der Waals surface area contributed by atoms with Gasteiger partial charge in [-0.05, 0) is 24.1 Å². The summed E-state index contributed by atoms with van der Waals surface area (Å²) in [6, 6.07) is 5.22. The number of hydrogen-bond donors (Lipinski definition) is 0. The van der Waals surface area contributed by atoms with E-state index in [1.54, 1.807) is 18.2 Å². The molecule has 0 N–H and O–H groups in total. The van der Waals surface area contributed by atoms with Gasteiger partial charge in [0.1, 0.15) is 11.5 Å². The molecule has 0 heterocycles. The van der Waals surface area contributed by atoms with Crippen LogP contribution < -0.4 is 9.47 Å². The van der Waals surface area contributed by atoms with Crippen molar-refractivity contribution in [3.63, 3.8) is 0 Å². The van der Waals surface area contributed by atoms with Crippen molar-refractivity contribution in [1.29, 1.82) is 0 Å². The molecule has 0 amide bonds. The molecule has 0 aromatic heterocycles. The third kappa shape index (κ3) is 4.25. The molecule has 0 saturated carbocycles. The summed E-state index contributed by atoms with van der Waals surface area (Å²) in [4.78, 5) is 23.6. The molecule has 1 rings (SSSR count). The number of methoxy groups -OCH3 is 4. The molecule has 1 atom stereocenters. The quantitative estimate of drug-likeness (QED) is 0.565. The third-order valence-electron chi connectivity index (χ3n) is 3.20. The van der Waals surface area contributed by atoms with Gasteiger partial charge in [-0.15, -0.1) is 0 Å². The fraction of sp³-hybridized carbons (Fsp3) is 0.375. The van der Waals surface area contributed by atoms with Gasteiger partial charge in [-0.25, -0.2) is 4.79 Å². The molecular formula is C16H20O6. The lowest BCUT2D eigenvalue weighted by Crippen LogP contribution is -2.25. The number of rotatable bonds is 7. The van der Waals surface area contributed by atoms with E-state index in [2.05, 4.69) is 11.3 Å². The summed E-state index contributed by atoms with van der Waals surface area (Å²) < 4.78 is 19.7. The Morgan fingerprint density at radius 1 is 1.00 bits per heavy atom. The lowest BCUT2D eigenvalue weighted by molar-refractivity contribution is -0.147. The van der Waals surface area contributed by atoms with E-state index in [0.717, 1.165) is 5.56 Å². The zero-order chi connectivity index (χ0) is 16.7. The molecular weight excluding hydrogens is 288 g/mol. The molecule has 0 aliphatic rings. The van der Waals surface area contributed by atoms with E-state index in [0.29, 0.717) is 11.5 Å². The van der Waals surface area contributed by atoms with E-state index in [1.807, 2.05) is 0 Å². The second-order valence-electron chi connectivity index (χ2n) is 4.52. The lowest BCUT2D eigenvalue weighted by Gasteiger charge is -2.17. The number of carbonyl (C=O) groups is 2. The van der Waals surface area contributed by atoms with Gasteiger partial charge in [0, 0.05) is 11.6 Å². The molecule has 1 unspecified atom stereocenters. The molecule has 0 aliphatic heterocycles. The van der Waals surface area contributed by atoms with Gasteiger partial charge in [0.25, 0.3) is 0 Å². The Morgan fingerprint density at radius 2 is 1.55 bits per heavy atom. The van der Waals surface area contributed by atoms with Gasteiger partial charge in [-0.3, -0.25) is 4.79 Å². The van der Waals surface area contributed by atoms with E-state index in [4.69, 9.17) is 14.2 Å². The van der Waals surface area contributed by atoms with E-state index in [-0.39, 0.29) is 12.0 Å². The van der Waals surface area contributed by atoms with Crippen molar-refractivity contribution in [1.82, 2.24) is 0 Å². The second-order valence-corrected chi connectivity index (χ2v) is 4.52. The number of benzene rings is 1. The Morgan fingerprint density at radius 3 is 1.95 bits per heavy atom. The minimum atomic E-state index is -0.839. The molecule has 1 aromatic rings. The predicted octanol–water partition coefficient (Wildman–Crippen LogP) is 1.76. The molecule has 22 heavy (non-hydrogen) atoms. The van der Waals surface area contributed by atoms with Gasteiger partial charge in [0.05, 0.1) is 34.4 Å². The van der Waals surface area contributed by atoms with Crippen LogP contribution in [0.3, 0.4) is 0 Å². The predicted molar refractivity (Wildman–Crippen MR) is 79.9 cm³/mol. The summed E-state index contributed by atoms with van der Waals surface area (Å²) >= 11 is 0. The van der Waals surface area contributed by atoms with Crippen molar-refractivity contribution >= 4 is 11.9 Å². The van der Waals surface area contributed by atoms with Crippen molar-refractivity contribution in [3.8, 4) is 11.5 Å². The maximum atomic E-state index is 11.9. The van der Waals surface area contributed by atoms with Crippen molar-refractivity contribution in [3.05, 3.63) is 35.9 Å². The number of carbonyl (C=O) groups excluding carboxylic acids is 2. The second kappa shape index (κ2) is 8.07. The van der Waals surface area contributed by atoms with Crippen LogP contribution >= 0.6 is 0 Å². The average Bonchev–Trinajstić information content (AvgIpc) is 2.56. The van der Waals surface area contributed by atoms with Crippen LogP contribution in [0.2, 0.25) is 0 Å². The molecule has 6 nitrogen and oxygen atoms in total. The fourth-order valence-electron chi connectivity index (χ4n) is 1.98. The summed E-state index contributed by atoms with van der Waals surface area (Å²) in [6.07, 6.45) is 0.216. The van der Waals surface area contributed by atoms with Crippen molar-refractivity contribution in [2.45, 2.75) is 6.42 Å². The van der Waals surface area contributed by atoms with Gasteiger partial charge < -0.3 is 18.9 Å². The van der Waals surface area contributed by atoms with Crippen molar-refractivity contribution in [2.24, 2.45) is 5.92 Å². The largest absolute Gasteiger partial charge is 0.497 e. The van der Waals surface area contributed by atoms with E-state index >= 15 is 0 Å². The molecule has 0 saturated heterocycles. The van der Waals surface area contributed by atoms with Gasteiger partial charge in [-0.2, -0.15) is 0 Å². The van der Waals surface area contributed by atoms with Gasteiger partial charge in [-0.1, -0.05) is 6.58 Å². The maximum Gasteiger partial charge on any atom is 0.334 e. The Labute approximate surface area is 129 Å². The highest BCUT2D eigenvalue weighted by atomic mass is 16.5. The molecule has 0 fully saturated rings. The number of esters is 2. The Balaban J connectivity index is 3.11. The SMILES string of the molecule is C=C(C(=O)OC)C(Cc1cc(OC)cc(OC)c1)C(=O)OC. The first-order valence-corrected chi connectivity index (χ1v) is 6.53. The first-order chi connectivity index (χ1) is 10.5. The monoisotopic (exact) mass is 308 g/mol. The minimum Gasteiger partial charge on any atom is -0.497 e. The Bertz CT molecular complexity index is 542.